The number of rotatable bonds is 6. The van der Waals surface area contributed by atoms with E-state index in [-0.39, 0.29) is 30.3 Å². The predicted molar refractivity (Wildman–Crippen MR) is 118 cm³/mol. The molecule has 0 unspecified atom stereocenters. The number of ether oxygens (including phenoxy) is 1. The van der Waals surface area contributed by atoms with Crippen molar-refractivity contribution in [2.75, 3.05) is 7.11 Å². The van der Waals surface area contributed by atoms with Gasteiger partial charge in [0.25, 0.3) is 11.5 Å². The molecule has 4 aromatic rings. The third kappa shape index (κ3) is 4.44. The number of nitrogens with zero attached hydrogens (tertiary/aromatic N) is 1. The maximum Gasteiger partial charge on any atom is 0.329 e. The van der Waals surface area contributed by atoms with Crippen LogP contribution in [0.15, 0.2) is 76.3 Å². The zero-order chi connectivity index (χ0) is 22.7. The van der Waals surface area contributed by atoms with Gasteiger partial charge in [0.1, 0.15) is 11.6 Å². The maximum absolute atomic E-state index is 13.0. The fourth-order valence-electron chi connectivity index (χ4n) is 3.34. The van der Waals surface area contributed by atoms with Crippen molar-refractivity contribution in [2.45, 2.75) is 13.1 Å². The number of halogens is 1. The number of carbonyl (C=O) groups excluding carboxylic acids is 1. The first-order valence-corrected chi connectivity index (χ1v) is 9.87. The Hall–Kier alpha value is -4.20. The molecule has 32 heavy (non-hydrogen) atoms. The van der Waals surface area contributed by atoms with Crippen LogP contribution in [0.4, 0.5) is 4.39 Å². The van der Waals surface area contributed by atoms with Gasteiger partial charge in [0.05, 0.1) is 24.6 Å². The molecule has 1 amide bonds. The summed E-state index contributed by atoms with van der Waals surface area (Å²) in [5, 5.41) is 3.03. The van der Waals surface area contributed by atoms with Crippen molar-refractivity contribution in [2.24, 2.45) is 0 Å². The molecule has 0 aliphatic carbocycles. The van der Waals surface area contributed by atoms with Crippen LogP contribution in [0.5, 0.6) is 5.75 Å². The molecule has 0 atom stereocenters. The summed E-state index contributed by atoms with van der Waals surface area (Å²) < 4.78 is 19.2. The molecule has 0 aliphatic rings. The predicted octanol–water partition coefficient (Wildman–Crippen LogP) is 2.82. The molecule has 7 nitrogen and oxygen atoms in total. The first kappa shape index (κ1) is 21.0. The Balaban J connectivity index is 1.57. The van der Waals surface area contributed by atoms with Crippen LogP contribution >= 0.6 is 0 Å². The van der Waals surface area contributed by atoms with Crippen LogP contribution in [-0.2, 0) is 13.1 Å². The second-order valence-corrected chi connectivity index (χ2v) is 7.24. The molecule has 0 saturated carbocycles. The highest BCUT2D eigenvalue weighted by atomic mass is 19.1. The first-order chi connectivity index (χ1) is 15.4. The Morgan fingerprint density at radius 3 is 2.38 bits per heavy atom. The smallest absolute Gasteiger partial charge is 0.329 e. The molecule has 1 aromatic heterocycles. The van der Waals surface area contributed by atoms with Crippen LogP contribution in [-0.4, -0.2) is 22.6 Å². The topological polar surface area (TPSA) is 93.2 Å². The maximum atomic E-state index is 13.0. The normalized spacial score (nSPS) is 10.8. The molecule has 3 aromatic carbocycles. The molecule has 0 radical (unpaired) electrons. The van der Waals surface area contributed by atoms with Crippen LogP contribution in [0.2, 0.25) is 0 Å². The van der Waals surface area contributed by atoms with E-state index in [4.69, 9.17) is 4.74 Å². The summed E-state index contributed by atoms with van der Waals surface area (Å²) in [5.41, 5.74) is 1.08. The van der Waals surface area contributed by atoms with E-state index >= 15 is 0 Å². The fourth-order valence-corrected chi connectivity index (χ4v) is 3.34. The van der Waals surface area contributed by atoms with Crippen molar-refractivity contribution in [3.8, 4) is 5.75 Å². The standard InChI is InChI=1S/C24H20FN3O4/c1-32-19-9-4-16(5-10-19)14-28-23(30)20-11-6-17(12-21(20)27-24(28)31)22(29)26-13-15-2-7-18(25)8-3-15/h2-12H,13-14H2,1H3,(H,26,29)(H,27,31). The van der Waals surface area contributed by atoms with Crippen molar-refractivity contribution < 1.29 is 13.9 Å². The molecule has 4 rings (SSSR count). The van der Waals surface area contributed by atoms with Gasteiger partial charge in [-0.3, -0.25) is 14.2 Å². The summed E-state index contributed by atoms with van der Waals surface area (Å²) in [4.78, 5) is 40.6. The molecular formula is C24H20FN3O4. The molecule has 0 aliphatic heterocycles. The van der Waals surface area contributed by atoms with E-state index < -0.39 is 11.2 Å². The molecule has 2 N–H and O–H groups in total. The zero-order valence-corrected chi connectivity index (χ0v) is 17.2. The van der Waals surface area contributed by atoms with Crippen molar-refractivity contribution in [3.63, 3.8) is 0 Å². The minimum Gasteiger partial charge on any atom is -0.497 e. The quantitative estimate of drug-likeness (QED) is 0.489. The lowest BCUT2D eigenvalue weighted by Crippen LogP contribution is -2.35. The summed E-state index contributed by atoms with van der Waals surface area (Å²) in [6.07, 6.45) is 0. The van der Waals surface area contributed by atoms with Gasteiger partial charge in [0.2, 0.25) is 0 Å². The number of H-pyrrole nitrogens is 1. The molecule has 0 spiro atoms. The number of hydrogen-bond donors (Lipinski definition) is 2. The van der Waals surface area contributed by atoms with E-state index in [1.165, 1.54) is 30.3 Å². The van der Waals surface area contributed by atoms with Gasteiger partial charge in [-0.25, -0.2) is 9.18 Å². The van der Waals surface area contributed by atoms with Crippen molar-refractivity contribution in [1.29, 1.82) is 0 Å². The second kappa shape index (κ2) is 8.89. The average Bonchev–Trinajstić information content (AvgIpc) is 2.81. The Labute approximate surface area is 182 Å². The molecular weight excluding hydrogens is 413 g/mol. The third-order valence-corrected chi connectivity index (χ3v) is 5.11. The third-order valence-electron chi connectivity index (χ3n) is 5.11. The van der Waals surface area contributed by atoms with Gasteiger partial charge in [-0.1, -0.05) is 24.3 Å². The molecule has 162 valence electrons. The number of aromatic amines is 1. The van der Waals surface area contributed by atoms with E-state index in [1.54, 1.807) is 43.5 Å². The van der Waals surface area contributed by atoms with E-state index in [0.717, 1.165) is 15.7 Å². The van der Waals surface area contributed by atoms with Gasteiger partial charge in [-0.15, -0.1) is 0 Å². The van der Waals surface area contributed by atoms with Crippen LogP contribution in [0.25, 0.3) is 10.9 Å². The lowest BCUT2D eigenvalue weighted by atomic mass is 10.1. The van der Waals surface area contributed by atoms with Crippen LogP contribution in [0.3, 0.4) is 0 Å². The van der Waals surface area contributed by atoms with Crippen LogP contribution in [0, 0.1) is 5.82 Å². The van der Waals surface area contributed by atoms with Crippen LogP contribution in [0.1, 0.15) is 21.5 Å². The molecule has 0 bridgehead atoms. The lowest BCUT2D eigenvalue weighted by Gasteiger charge is -2.09. The minimum absolute atomic E-state index is 0.105. The highest BCUT2D eigenvalue weighted by Gasteiger charge is 2.12. The largest absolute Gasteiger partial charge is 0.497 e. The average molecular weight is 433 g/mol. The van der Waals surface area contributed by atoms with Crippen LogP contribution < -0.4 is 21.3 Å². The van der Waals surface area contributed by atoms with E-state index in [0.29, 0.717) is 16.7 Å². The first-order valence-electron chi connectivity index (χ1n) is 9.87. The molecule has 0 fully saturated rings. The van der Waals surface area contributed by atoms with Gasteiger partial charge in [-0.05, 0) is 53.6 Å². The Morgan fingerprint density at radius 1 is 1.00 bits per heavy atom. The molecule has 1 heterocycles. The van der Waals surface area contributed by atoms with Crippen molar-refractivity contribution in [3.05, 3.63) is 110 Å². The number of amides is 1. The van der Waals surface area contributed by atoms with E-state index in [2.05, 4.69) is 10.3 Å². The molecule has 0 saturated heterocycles. The van der Waals surface area contributed by atoms with E-state index in [9.17, 15) is 18.8 Å². The summed E-state index contributed by atoms with van der Waals surface area (Å²) >= 11 is 0. The van der Waals surface area contributed by atoms with Gasteiger partial charge in [-0.2, -0.15) is 0 Å². The SMILES string of the molecule is COc1ccc(Cn2c(=O)[nH]c3cc(C(=O)NCc4ccc(F)cc4)ccc3c2=O)cc1. The van der Waals surface area contributed by atoms with Crippen molar-refractivity contribution in [1.82, 2.24) is 14.9 Å². The minimum atomic E-state index is -0.567. The number of methoxy groups -OCH3 is 1. The van der Waals surface area contributed by atoms with Gasteiger partial charge >= 0.3 is 5.69 Å². The Kier molecular flexibility index (Phi) is 5.85. The Morgan fingerprint density at radius 2 is 1.69 bits per heavy atom. The van der Waals surface area contributed by atoms with Crippen molar-refractivity contribution >= 4 is 16.8 Å². The summed E-state index contributed by atoms with van der Waals surface area (Å²) in [7, 11) is 1.56. The van der Waals surface area contributed by atoms with Gasteiger partial charge < -0.3 is 15.0 Å². The summed E-state index contributed by atoms with van der Waals surface area (Å²) in [6, 6.07) is 17.4. The van der Waals surface area contributed by atoms with Gasteiger partial charge in [0, 0.05) is 12.1 Å². The summed E-state index contributed by atoms with van der Waals surface area (Å²) in [6.45, 7) is 0.325. The molecule has 8 heteroatoms. The zero-order valence-electron chi connectivity index (χ0n) is 17.2. The fraction of sp³-hybridized carbons (Fsp3) is 0.125. The number of hydrogen-bond acceptors (Lipinski definition) is 4. The summed E-state index contributed by atoms with van der Waals surface area (Å²) in [5.74, 6) is -0.0468. The van der Waals surface area contributed by atoms with Gasteiger partial charge in [0.15, 0.2) is 0 Å². The number of benzene rings is 3. The van der Waals surface area contributed by atoms with E-state index in [1.807, 2.05) is 0 Å². The number of aromatic nitrogens is 2. The Bertz CT molecular complexity index is 1390. The number of fused-ring (bicyclic) bond motifs is 1. The number of nitrogens with one attached hydrogen (secondary N) is 2. The monoisotopic (exact) mass is 433 g/mol. The second-order valence-electron chi connectivity index (χ2n) is 7.24. The number of carbonyl (C=O) groups is 1. The highest BCUT2D eigenvalue weighted by Crippen LogP contribution is 2.13. The highest BCUT2D eigenvalue weighted by molar-refractivity contribution is 5.97. The lowest BCUT2D eigenvalue weighted by molar-refractivity contribution is 0.0951.